The summed E-state index contributed by atoms with van der Waals surface area (Å²) in [6, 6.07) is 48.7. The van der Waals surface area contributed by atoms with Crippen molar-refractivity contribution in [2.75, 3.05) is 5.32 Å². The third kappa shape index (κ3) is 9.11. The minimum atomic E-state index is -0.00943. The lowest BCUT2D eigenvalue weighted by Gasteiger charge is -2.26. The second-order valence-electron chi connectivity index (χ2n) is 16.2. The SMILES string of the molecule is C=C(N=C(N=C(C)c1ccccc1)C1=CC=CCC1)C1C=CC(c2cc(Nc3ccccc3)cc(C3=CC4=C(CC3)c3ccccc3C4(C)C)c2)=CC1.c1ccccc1. The highest BCUT2D eigenvalue weighted by molar-refractivity contribution is 6.11. The van der Waals surface area contributed by atoms with Gasteiger partial charge in [0, 0.05) is 34.1 Å². The molecule has 0 saturated carbocycles. The Morgan fingerprint density at radius 1 is 0.729 bits per heavy atom. The molecule has 0 bridgehead atoms. The first-order chi connectivity index (χ1) is 28.8. The lowest BCUT2D eigenvalue weighted by molar-refractivity contribution is 0.652. The molecule has 0 fully saturated rings. The van der Waals surface area contributed by atoms with Crippen LogP contribution in [0.1, 0.15) is 80.7 Å². The van der Waals surface area contributed by atoms with E-state index in [0.717, 1.165) is 71.9 Å². The molecule has 3 heteroatoms. The van der Waals surface area contributed by atoms with E-state index in [1.54, 1.807) is 0 Å². The van der Waals surface area contributed by atoms with Gasteiger partial charge in [-0.25, -0.2) is 9.98 Å². The summed E-state index contributed by atoms with van der Waals surface area (Å²) in [7, 11) is 0. The summed E-state index contributed by atoms with van der Waals surface area (Å²) in [5, 5.41) is 3.70. The molecule has 0 aliphatic heterocycles. The third-order valence-electron chi connectivity index (χ3n) is 11.8. The second-order valence-corrected chi connectivity index (χ2v) is 16.2. The van der Waals surface area contributed by atoms with Crippen molar-refractivity contribution in [1.29, 1.82) is 0 Å². The topological polar surface area (TPSA) is 36.8 Å². The molecule has 0 radical (unpaired) electrons. The summed E-state index contributed by atoms with van der Waals surface area (Å²) in [5.41, 5.74) is 17.2. The average Bonchev–Trinajstić information content (AvgIpc) is 3.53. The third-order valence-corrected chi connectivity index (χ3v) is 11.8. The summed E-state index contributed by atoms with van der Waals surface area (Å²) in [4.78, 5) is 10.2. The van der Waals surface area contributed by atoms with Gasteiger partial charge in [0.1, 0.15) is 0 Å². The molecule has 1 unspecified atom stereocenters. The number of nitrogens with zero attached hydrogens (tertiary/aromatic N) is 2. The van der Waals surface area contributed by atoms with Crippen LogP contribution in [0.4, 0.5) is 11.4 Å². The maximum Gasteiger partial charge on any atom is 0.155 e. The number of amidine groups is 1. The number of allylic oxidation sites excluding steroid dienone is 11. The molecule has 5 aromatic rings. The summed E-state index contributed by atoms with van der Waals surface area (Å²) in [5.74, 6) is 0.865. The van der Waals surface area contributed by atoms with Gasteiger partial charge in [-0.3, -0.25) is 0 Å². The van der Waals surface area contributed by atoms with Crippen LogP contribution in [0.15, 0.2) is 215 Å². The molecule has 9 rings (SSSR count). The molecule has 59 heavy (non-hydrogen) atoms. The van der Waals surface area contributed by atoms with Gasteiger partial charge in [-0.2, -0.15) is 0 Å². The summed E-state index contributed by atoms with van der Waals surface area (Å²) >= 11 is 0. The quantitative estimate of drug-likeness (QED) is 0.124. The van der Waals surface area contributed by atoms with Gasteiger partial charge in [-0.15, -0.1) is 0 Å². The lowest BCUT2D eigenvalue weighted by Crippen LogP contribution is -2.17. The number of fused-ring (bicyclic) bond motifs is 2. The zero-order valence-corrected chi connectivity index (χ0v) is 34.5. The van der Waals surface area contributed by atoms with E-state index >= 15 is 0 Å². The van der Waals surface area contributed by atoms with E-state index in [1.807, 2.05) is 42.5 Å². The van der Waals surface area contributed by atoms with Crippen molar-refractivity contribution < 1.29 is 0 Å². The highest BCUT2D eigenvalue weighted by atomic mass is 14.9. The molecule has 1 atom stereocenters. The molecule has 4 aliphatic carbocycles. The van der Waals surface area contributed by atoms with Gasteiger partial charge in [-0.1, -0.05) is 172 Å². The molecule has 0 saturated heterocycles. The maximum atomic E-state index is 5.11. The molecule has 292 valence electrons. The zero-order valence-electron chi connectivity index (χ0n) is 34.5. The van der Waals surface area contributed by atoms with Crippen LogP contribution in [0.5, 0.6) is 0 Å². The highest BCUT2D eigenvalue weighted by Gasteiger charge is 2.37. The van der Waals surface area contributed by atoms with Gasteiger partial charge in [0.15, 0.2) is 5.84 Å². The van der Waals surface area contributed by atoms with Crippen molar-refractivity contribution in [3.05, 3.63) is 233 Å². The van der Waals surface area contributed by atoms with Crippen LogP contribution in [-0.2, 0) is 5.41 Å². The summed E-state index contributed by atoms with van der Waals surface area (Å²) < 4.78 is 0. The molecular formula is C56H53N3. The van der Waals surface area contributed by atoms with Crippen molar-refractivity contribution in [3.63, 3.8) is 0 Å². The van der Waals surface area contributed by atoms with Gasteiger partial charge < -0.3 is 5.32 Å². The van der Waals surface area contributed by atoms with Gasteiger partial charge in [0.25, 0.3) is 0 Å². The number of para-hydroxylation sites is 1. The van der Waals surface area contributed by atoms with Crippen LogP contribution in [0.3, 0.4) is 0 Å². The molecule has 3 nitrogen and oxygen atoms in total. The molecule has 0 aromatic heterocycles. The monoisotopic (exact) mass is 767 g/mol. The number of hydrogen-bond donors (Lipinski definition) is 1. The fourth-order valence-electron chi connectivity index (χ4n) is 8.51. The van der Waals surface area contributed by atoms with Crippen molar-refractivity contribution in [1.82, 2.24) is 0 Å². The molecule has 0 spiro atoms. The van der Waals surface area contributed by atoms with Gasteiger partial charge in [0.2, 0.25) is 0 Å². The molecular weight excluding hydrogens is 715 g/mol. The van der Waals surface area contributed by atoms with E-state index in [1.165, 1.54) is 44.5 Å². The second kappa shape index (κ2) is 17.9. The van der Waals surface area contributed by atoms with Crippen LogP contribution in [0, 0.1) is 5.92 Å². The fourth-order valence-corrected chi connectivity index (χ4v) is 8.51. The lowest BCUT2D eigenvalue weighted by atomic mass is 9.78. The normalized spacial score (nSPS) is 18.1. The predicted molar refractivity (Wildman–Crippen MR) is 253 cm³/mol. The largest absolute Gasteiger partial charge is 0.355 e. The first-order valence-electron chi connectivity index (χ1n) is 21.0. The predicted octanol–water partition coefficient (Wildman–Crippen LogP) is 14.7. The Morgan fingerprint density at radius 3 is 2.10 bits per heavy atom. The van der Waals surface area contributed by atoms with E-state index in [9.17, 15) is 0 Å². The Hall–Kier alpha value is -6.58. The summed E-state index contributed by atoms with van der Waals surface area (Å²) in [6.07, 6.45) is 20.7. The number of benzene rings is 5. The smallest absolute Gasteiger partial charge is 0.155 e. The molecule has 1 N–H and O–H groups in total. The number of anilines is 2. The molecule has 0 amide bonds. The summed E-state index contributed by atoms with van der Waals surface area (Å²) in [6.45, 7) is 11.3. The Bertz CT molecular complexity index is 2550. The highest BCUT2D eigenvalue weighted by Crippen LogP contribution is 2.52. The molecule has 4 aliphatic rings. The van der Waals surface area contributed by atoms with E-state index in [4.69, 9.17) is 9.98 Å². The van der Waals surface area contributed by atoms with E-state index in [0.29, 0.717) is 0 Å². The van der Waals surface area contributed by atoms with E-state index in [-0.39, 0.29) is 11.3 Å². The van der Waals surface area contributed by atoms with Crippen molar-refractivity contribution in [3.8, 4) is 0 Å². The number of aliphatic imine (C=N–C) groups is 2. The minimum absolute atomic E-state index is 0.00943. The standard InChI is InChI=1S/C50H47N3.C6H6/c1-34(36-16-8-5-9-17-36)51-49(39-18-10-6-11-19-39)52-35(2)37-24-26-38(27-25-37)41-30-42(32-44(31-41)53-43-20-12-7-13-21-43)40-28-29-46-45-22-14-15-23-47(45)50(3,4)48(46)33-40;1-2-4-6-5-3-1/h5-10,12-18,20-24,26-27,30-33,37,53H,2,11,19,25,28-29H2,1,3-4H3;1-6H. The average molecular weight is 768 g/mol. The van der Waals surface area contributed by atoms with Gasteiger partial charge in [0.05, 0.1) is 0 Å². The van der Waals surface area contributed by atoms with E-state index < -0.39 is 0 Å². The number of rotatable bonds is 8. The van der Waals surface area contributed by atoms with Crippen LogP contribution in [0.2, 0.25) is 0 Å². The van der Waals surface area contributed by atoms with Crippen molar-refractivity contribution in [2.24, 2.45) is 15.9 Å². The molecule has 0 heterocycles. The van der Waals surface area contributed by atoms with Gasteiger partial charge in [-0.05, 0) is 125 Å². The van der Waals surface area contributed by atoms with E-state index in [2.05, 4.69) is 172 Å². The zero-order chi connectivity index (χ0) is 40.6. The molecule has 5 aromatic carbocycles. The number of hydrogen-bond acceptors (Lipinski definition) is 2. The van der Waals surface area contributed by atoms with Crippen LogP contribution in [-0.4, -0.2) is 11.5 Å². The van der Waals surface area contributed by atoms with Crippen molar-refractivity contribution >= 4 is 39.6 Å². The fraction of sp³-hybridized carbons (Fsp3) is 0.179. The minimum Gasteiger partial charge on any atom is -0.355 e. The van der Waals surface area contributed by atoms with Crippen LogP contribution in [0.25, 0.3) is 16.7 Å². The number of nitrogens with one attached hydrogen (secondary N) is 1. The van der Waals surface area contributed by atoms with Crippen LogP contribution < -0.4 is 5.32 Å². The van der Waals surface area contributed by atoms with Crippen molar-refractivity contribution in [2.45, 2.75) is 58.3 Å². The Morgan fingerprint density at radius 2 is 1.41 bits per heavy atom. The Balaban J connectivity index is 0.000000742. The first-order valence-corrected chi connectivity index (χ1v) is 21.0. The first kappa shape index (κ1) is 39.3. The van der Waals surface area contributed by atoms with Gasteiger partial charge >= 0.3 is 0 Å². The maximum absolute atomic E-state index is 5.11. The van der Waals surface area contributed by atoms with Crippen LogP contribution >= 0.6 is 0 Å². The Labute approximate surface area is 351 Å². The Kier molecular flexibility index (Phi) is 11.9.